The minimum absolute atomic E-state index is 0.214. The summed E-state index contributed by atoms with van der Waals surface area (Å²) < 4.78 is 43.5. The Hall–Kier alpha value is -1.98. The number of carbonyl (C=O) groups excluding carboxylic acids is 1. The molecule has 0 saturated carbocycles. The number of halogens is 3. The molecule has 1 aliphatic heterocycles. The number of rotatable bonds is 3. The number of allylic oxidation sites excluding steroid dienone is 1. The molecule has 2 rings (SSSR count). The van der Waals surface area contributed by atoms with E-state index in [1.165, 1.54) is 12.1 Å². The first-order chi connectivity index (χ1) is 12.3. The van der Waals surface area contributed by atoms with Crippen molar-refractivity contribution in [3.05, 3.63) is 47.5 Å². The van der Waals surface area contributed by atoms with Crippen LogP contribution in [0.25, 0.3) is 0 Å². The minimum atomic E-state index is -4.33. The molecule has 1 unspecified atom stereocenters. The Morgan fingerprint density at radius 2 is 1.63 bits per heavy atom. The van der Waals surface area contributed by atoms with Gasteiger partial charge < -0.3 is 9.64 Å². The van der Waals surface area contributed by atoms with Gasteiger partial charge in [-0.1, -0.05) is 38.1 Å². The second-order valence-corrected chi connectivity index (χ2v) is 8.63. The maximum atomic E-state index is 12.7. The van der Waals surface area contributed by atoms with Crippen molar-refractivity contribution in [3.63, 3.8) is 0 Å². The molecule has 3 nitrogen and oxygen atoms in total. The van der Waals surface area contributed by atoms with Crippen LogP contribution in [-0.2, 0) is 16.3 Å². The van der Waals surface area contributed by atoms with Crippen LogP contribution in [-0.4, -0.2) is 29.7 Å². The molecule has 1 aromatic rings. The Balaban J connectivity index is 1.99. The van der Waals surface area contributed by atoms with Crippen LogP contribution in [0.5, 0.6) is 0 Å². The molecule has 1 aromatic carbocycles. The number of benzene rings is 1. The van der Waals surface area contributed by atoms with Gasteiger partial charge in [0.1, 0.15) is 5.60 Å². The van der Waals surface area contributed by atoms with Gasteiger partial charge in [0, 0.05) is 18.5 Å². The second-order valence-electron chi connectivity index (χ2n) is 8.63. The lowest BCUT2D eigenvalue weighted by Gasteiger charge is -2.24. The Morgan fingerprint density at radius 3 is 2.15 bits per heavy atom. The molecule has 150 valence electrons. The molecule has 1 aliphatic rings. The highest BCUT2D eigenvalue weighted by Crippen LogP contribution is 2.32. The largest absolute Gasteiger partial charge is 0.444 e. The lowest BCUT2D eigenvalue weighted by atomic mass is 9.83. The molecular weight excluding hydrogens is 355 g/mol. The van der Waals surface area contributed by atoms with Gasteiger partial charge in [-0.05, 0) is 50.8 Å². The van der Waals surface area contributed by atoms with Gasteiger partial charge in [0.2, 0.25) is 0 Å². The average Bonchev–Trinajstić information content (AvgIpc) is 3.00. The molecule has 1 atom stereocenters. The number of hydrogen-bond acceptors (Lipinski definition) is 2. The summed E-state index contributed by atoms with van der Waals surface area (Å²) in [6.45, 7) is 10.7. The maximum Gasteiger partial charge on any atom is 0.416 e. The van der Waals surface area contributed by atoms with E-state index in [0.29, 0.717) is 13.1 Å². The zero-order valence-corrected chi connectivity index (χ0v) is 16.6. The fourth-order valence-electron chi connectivity index (χ4n) is 3.00. The van der Waals surface area contributed by atoms with E-state index in [1.807, 2.05) is 40.7 Å². The van der Waals surface area contributed by atoms with Crippen molar-refractivity contribution in [2.45, 2.75) is 58.2 Å². The van der Waals surface area contributed by atoms with E-state index in [-0.39, 0.29) is 12.0 Å². The van der Waals surface area contributed by atoms with Gasteiger partial charge in [-0.25, -0.2) is 4.79 Å². The van der Waals surface area contributed by atoms with E-state index in [2.05, 4.69) is 6.08 Å². The summed E-state index contributed by atoms with van der Waals surface area (Å²) in [7, 11) is 0. The molecule has 6 heteroatoms. The monoisotopic (exact) mass is 383 g/mol. The van der Waals surface area contributed by atoms with E-state index < -0.39 is 22.8 Å². The number of amides is 1. The first-order valence-electron chi connectivity index (χ1n) is 9.13. The lowest BCUT2D eigenvalue weighted by Crippen LogP contribution is -2.35. The minimum Gasteiger partial charge on any atom is -0.444 e. The zero-order chi connectivity index (χ0) is 20.5. The Bertz CT molecular complexity index is 685. The summed E-state index contributed by atoms with van der Waals surface area (Å²) in [5, 5.41) is 0. The molecule has 0 aromatic heterocycles. The van der Waals surface area contributed by atoms with Crippen molar-refractivity contribution in [1.29, 1.82) is 0 Å². The van der Waals surface area contributed by atoms with Crippen LogP contribution >= 0.6 is 0 Å². The Morgan fingerprint density at radius 1 is 1.07 bits per heavy atom. The van der Waals surface area contributed by atoms with Gasteiger partial charge in [-0.2, -0.15) is 13.2 Å². The summed E-state index contributed by atoms with van der Waals surface area (Å²) in [5.74, 6) is 0.214. The van der Waals surface area contributed by atoms with Crippen LogP contribution in [0.4, 0.5) is 18.0 Å². The molecule has 1 amide bonds. The molecule has 1 heterocycles. The van der Waals surface area contributed by atoms with Crippen LogP contribution in [0.15, 0.2) is 36.4 Å². The quantitative estimate of drug-likeness (QED) is 0.618. The molecule has 1 fully saturated rings. The number of nitrogens with zero attached hydrogens (tertiary/aromatic N) is 1. The molecule has 1 saturated heterocycles. The van der Waals surface area contributed by atoms with Crippen LogP contribution in [0.3, 0.4) is 0 Å². The van der Waals surface area contributed by atoms with Gasteiger partial charge in [0.25, 0.3) is 0 Å². The molecule has 0 bridgehead atoms. The van der Waals surface area contributed by atoms with Crippen molar-refractivity contribution in [2.24, 2.45) is 5.92 Å². The van der Waals surface area contributed by atoms with Gasteiger partial charge in [0.15, 0.2) is 0 Å². The second kappa shape index (κ2) is 7.56. The van der Waals surface area contributed by atoms with Crippen LogP contribution < -0.4 is 0 Å². The third kappa shape index (κ3) is 6.01. The van der Waals surface area contributed by atoms with Gasteiger partial charge in [0.05, 0.1) is 5.56 Å². The SMILES string of the molecule is CC(C)(C)OC(=O)N1CCC(C=CC(C)(C)c2ccc(C(F)(F)F)cc2)C1. The van der Waals surface area contributed by atoms with E-state index in [1.54, 1.807) is 4.90 Å². The normalized spacial score (nSPS) is 19.0. The number of ether oxygens (including phenoxy) is 1. The van der Waals surface area contributed by atoms with Crippen molar-refractivity contribution in [1.82, 2.24) is 4.90 Å². The van der Waals surface area contributed by atoms with Crippen molar-refractivity contribution >= 4 is 6.09 Å². The van der Waals surface area contributed by atoms with Crippen molar-refractivity contribution < 1.29 is 22.7 Å². The molecule has 0 spiro atoms. The predicted octanol–water partition coefficient (Wildman–Crippen LogP) is 5.80. The van der Waals surface area contributed by atoms with Gasteiger partial charge >= 0.3 is 12.3 Å². The van der Waals surface area contributed by atoms with E-state index in [9.17, 15) is 18.0 Å². The Labute approximate surface area is 159 Å². The maximum absolute atomic E-state index is 12.7. The summed E-state index contributed by atoms with van der Waals surface area (Å²) >= 11 is 0. The molecule has 0 aliphatic carbocycles. The van der Waals surface area contributed by atoms with E-state index >= 15 is 0 Å². The van der Waals surface area contributed by atoms with Crippen LogP contribution in [0, 0.1) is 5.92 Å². The summed E-state index contributed by atoms with van der Waals surface area (Å²) in [6.07, 6.45) is 0.285. The predicted molar refractivity (Wildman–Crippen MR) is 99.5 cm³/mol. The number of carbonyl (C=O) groups is 1. The zero-order valence-electron chi connectivity index (χ0n) is 16.6. The molecular formula is C21H28F3NO2. The average molecular weight is 383 g/mol. The first kappa shape index (κ1) is 21.3. The fraction of sp³-hybridized carbons (Fsp3) is 0.571. The van der Waals surface area contributed by atoms with Gasteiger partial charge in [-0.3, -0.25) is 0 Å². The lowest BCUT2D eigenvalue weighted by molar-refractivity contribution is -0.137. The number of hydrogen-bond donors (Lipinski definition) is 0. The summed E-state index contributed by atoms with van der Waals surface area (Å²) in [6, 6.07) is 5.28. The third-order valence-electron chi connectivity index (χ3n) is 4.62. The number of likely N-dealkylation sites (tertiary alicyclic amines) is 1. The molecule has 27 heavy (non-hydrogen) atoms. The third-order valence-corrected chi connectivity index (χ3v) is 4.62. The van der Waals surface area contributed by atoms with E-state index in [4.69, 9.17) is 4.74 Å². The van der Waals surface area contributed by atoms with E-state index in [0.717, 1.165) is 24.1 Å². The van der Waals surface area contributed by atoms with Crippen LogP contribution in [0.2, 0.25) is 0 Å². The van der Waals surface area contributed by atoms with Crippen molar-refractivity contribution in [3.8, 4) is 0 Å². The highest BCUT2D eigenvalue weighted by atomic mass is 19.4. The topological polar surface area (TPSA) is 29.5 Å². The summed E-state index contributed by atoms with van der Waals surface area (Å²) in [5.41, 5.74) is -0.748. The van der Waals surface area contributed by atoms with Crippen molar-refractivity contribution in [2.75, 3.05) is 13.1 Å². The summed E-state index contributed by atoms with van der Waals surface area (Å²) in [4.78, 5) is 13.8. The smallest absolute Gasteiger partial charge is 0.416 e. The molecule has 0 N–H and O–H groups in total. The standard InChI is InChI=1S/C21H28F3NO2/c1-19(2,3)27-18(26)25-13-11-15(14-25)10-12-20(4,5)16-6-8-17(9-7-16)21(22,23)24/h6-10,12,15H,11,13-14H2,1-5H3. The first-order valence-corrected chi connectivity index (χ1v) is 9.13. The van der Waals surface area contributed by atoms with Crippen LogP contribution in [0.1, 0.15) is 52.2 Å². The number of alkyl halides is 3. The highest BCUT2D eigenvalue weighted by molar-refractivity contribution is 5.68. The van der Waals surface area contributed by atoms with Gasteiger partial charge in [-0.15, -0.1) is 0 Å². The highest BCUT2D eigenvalue weighted by Gasteiger charge is 2.31. The fourth-order valence-corrected chi connectivity index (χ4v) is 3.00. The molecule has 0 radical (unpaired) electrons. The Kier molecular flexibility index (Phi) is 5.97.